The van der Waals surface area contributed by atoms with Crippen molar-refractivity contribution in [2.24, 2.45) is 0 Å². The number of hydrogen-bond donors (Lipinski definition) is 2. The summed E-state index contributed by atoms with van der Waals surface area (Å²) in [6, 6.07) is 8.87. The standard InChI is InChI=1S/C17H18N2O4/c1-11(7-8-12-4-3-9-22-12)18-17(21)13-5-2-6-14-16(13)23-10-15(20)19-14/h2-6,9,11H,7-8,10H2,1H3,(H,18,21)(H,19,20). The molecule has 0 saturated heterocycles. The minimum Gasteiger partial charge on any atom is -0.481 e. The maximum Gasteiger partial charge on any atom is 0.262 e. The molecule has 1 unspecified atom stereocenters. The van der Waals surface area contributed by atoms with Crippen LogP contribution in [0.15, 0.2) is 41.0 Å². The van der Waals surface area contributed by atoms with Crippen molar-refractivity contribution in [3.8, 4) is 5.75 Å². The van der Waals surface area contributed by atoms with Crippen LogP contribution in [-0.2, 0) is 11.2 Å². The second-order valence-electron chi connectivity index (χ2n) is 5.51. The Morgan fingerprint density at radius 1 is 1.35 bits per heavy atom. The van der Waals surface area contributed by atoms with E-state index in [9.17, 15) is 9.59 Å². The summed E-state index contributed by atoms with van der Waals surface area (Å²) in [5, 5.41) is 5.64. The molecule has 6 nitrogen and oxygen atoms in total. The van der Waals surface area contributed by atoms with Gasteiger partial charge in [-0.05, 0) is 37.6 Å². The number of furan rings is 1. The normalized spacial score (nSPS) is 14.4. The Morgan fingerprint density at radius 3 is 3.00 bits per heavy atom. The number of ether oxygens (including phenoxy) is 1. The molecule has 0 bridgehead atoms. The molecule has 0 radical (unpaired) electrons. The zero-order valence-electron chi connectivity index (χ0n) is 12.8. The number of aryl methyl sites for hydroxylation is 1. The lowest BCUT2D eigenvalue weighted by molar-refractivity contribution is -0.118. The van der Waals surface area contributed by atoms with E-state index in [1.54, 1.807) is 24.5 Å². The highest BCUT2D eigenvalue weighted by Crippen LogP contribution is 2.31. The minimum atomic E-state index is -0.220. The summed E-state index contributed by atoms with van der Waals surface area (Å²) >= 11 is 0. The Labute approximate surface area is 133 Å². The number of fused-ring (bicyclic) bond motifs is 1. The molecule has 1 aliphatic rings. The van der Waals surface area contributed by atoms with Gasteiger partial charge >= 0.3 is 0 Å². The van der Waals surface area contributed by atoms with Gasteiger partial charge in [-0.25, -0.2) is 0 Å². The molecule has 2 aromatic rings. The molecule has 3 rings (SSSR count). The number of benzene rings is 1. The summed E-state index contributed by atoms with van der Waals surface area (Å²) in [6.07, 6.45) is 3.17. The van der Waals surface area contributed by atoms with Crippen LogP contribution in [0.4, 0.5) is 5.69 Å². The number of hydrogen-bond acceptors (Lipinski definition) is 4. The van der Waals surface area contributed by atoms with E-state index in [4.69, 9.17) is 9.15 Å². The quantitative estimate of drug-likeness (QED) is 0.888. The fourth-order valence-corrected chi connectivity index (χ4v) is 2.48. The number of nitrogens with one attached hydrogen (secondary N) is 2. The van der Waals surface area contributed by atoms with E-state index in [-0.39, 0.29) is 24.5 Å². The van der Waals surface area contributed by atoms with Crippen LogP contribution in [0.3, 0.4) is 0 Å². The highest BCUT2D eigenvalue weighted by Gasteiger charge is 2.23. The smallest absolute Gasteiger partial charge is 0.262 e. The van der Waals surface area contributed by atoms with Gasteiger partial charge in [0.15, 0.2) is 12.4 Å². The zero-order chi connectivity index (χ0) is 16.2. The molecule has 1 aromatic carbocycles. The first-order chi connectivity index (χ1) is 11.1. The van der Waals surface area contributed by atoms with Crippen molar-refractivity contribution in [3.63, 3.8) is 0 Å². The highest BCUT2D eigenvalue weighted by molar-refractivity contribution is 6.03. The predicted molar refractivity (Wildman–Crippen MR) is 84.5 cm³/mol. The number of para-hydroxylation sites is 1. The van der Waals surface area contributed by atoms with Crippen LogP contribution >= 0.6 is 0 Å². The maximum atomic E-state index is 12.4. The number of amides is 2. The molecule has 6 heteroatoms. The fraction of sp³-hybridized carbons (Fsp3) is 0.294. The lowest BCUT2D eigenvalue weighted by Crippen LogP contribution is -2.34. The summed E-state index contributed by atoms with van der Waals surface area (Å²) in [5.41, 5.74) is 0.949. The van der Waals surface area contributed by atoms with Gasteiger partial charge in [-0.1, -0.05) is 6.07 Å². The van der Waals surface area contributed by atoms with E-state index in [0.717, 1.165) is 18.6 Å². The first-order valence-corrected chi connectivity index (χ1v) is 7.52. The Bertz CT molecular complexity index is 709. The lowest BCUT2D eigenvalue weighted by atomic mass is 10.1. The third-order valence-corrected chi connectivity index (χ3v) is 3.66. The van der Waals surface area contributed by atoms with Crippen LogP contribution in [0.25, 0.3) is 0 Å². The molecule has 120 valence electrons. The first kappa shape index (κ1) is 15.1. The second-order valence-corrected chi connectivity index (χ2v) is 5.51. The zero-order valence-corrected chi connectivity index (χ0v) is 12.8. The summed E-state index contributed by atoms with van der Waals surface area (Å²) in [5.74, 6) is 0.879. The molecular weight excluding hydrogens is 296 g/mol. The van der Waals surface area contributed by atoms with Gasteiger partial charge in [0.05, 0.1) is 17.5 Å². The molecule has 1 aromatic heterocycles. The number of carbonyl (C=O) groups excluding carboxylic acids is 2. The largest absolute Gasteiger partial charge is 0.481 e. The van der Waals surface area contributed by atoms with Gasteiger partial charge < -0.3 is 19.8 Å². The monoisotopic (exact) mass is 314 g/mol. The minimum absolute atomic E-state index is 0.0124. The van der Waals surface area contributed by atoms with Gasteiger partial charge in [0, 0.05) is 12.5 Å². The fourth-order valence-electron chi connectivity index (χ4n) is 2.48. The molecular formula is C17H18N2O4. The van der Waals surface area contributed by atoms with Crippen LogP contribution in [-0.4, -0.2) is 24.5 Å². The summed E-state index contributed by atoms with van der Waals surface area (Å²) < 4.78 is 10.7. The summed E-state index contributed by atoms with van der Waals surface area (Å²) in [7, 11) is 0. The summed E-state index contributed by atoms with van der Waals surface area (Å²) in [6.45, 7) is 1.87. The number of carbonyl (C=O) groups is 2. The Morgan fingerprint density at radius 2 is 2.22 bits per heavy atom. The number of anilines is 1. The molecule has 2 amide bonds. The Kier molecular flexibility index (Phi) is 4.32. The molecule has 0 aliphatic carbocycles. The van der Waals surface area contributed by atoms with Gasteiger partial charge in [-0.15, -0.1) is 0 Å². The van der Waals surface area contributed by atoms with Crippen molar-refractivity contribution in [1.82, 2.24) is 5.32 Å². The Balaban J connectivity index is 1.64. The third kappa shape index (κ3) is 3.53. The van der Waals surface area contributed by atoms with Crippen LogP contribution in [0.5, 0.6) is 5.75 Å². The molecule has 2 heterocycles. The van der Waals surface area contributed by atoms with Crippen LogP contribution in [0.1, 0.15) is 29.5 Å². The maximum absolute atomic E-state index is 12.4. The lowest BCUT2D eigenvalue weighted by Gasteiger charge is -2.21. The Hall–Kier alpha value is -2.76. The van der Waals surface area contributed by atoms with Crippen molar-refractivity contribution >= 4 is 17.5 Å². The van der Waals surface area contributed by atoms with Crippen LogP contribution < -0.4 is 15.4 Å². The molecule has 0 spiro atoms. The molecule has 1 aliphatic heterocycles. The van der Waals surface area contributed by atoms with Crippen LogP contribution in [0.2, 0.25) is 0 Å². The molecule has 1 atom stereocenters. The van der Waals surface area contributed by atoms with Gasteiger partial charge in [-0.2, -0.15) is 0 Å². The van der Waals surface area contributed by atoms with Crippen molar-refractivity contribution in [3.05, 3.63) is 47.9 Å². The predicted octanol–water partition coefficient (Wildman–Crippen LogP) is 2.36. The first-order valence-electron chi connectivity index (χ1n) is 7.52. The average Bonchev–Trinajstić information content (AvgIpc) is 3.05. The van der Waals surface area contributed by atoms with Gasteiger partial charge in [0.1, 0.15) is 5.76 Å². The van der Waals surface area contributed by atoms with E-state index >= 15 is 0 Å². The molecule has 0 saturated carbocycles. The van der Waals surface area contributed by atoms with Crippen molar-refractivity contribution in [1.29, 1.82) is 0 Å². The van der Waals surface area contributed by atoms with E-state index in [2.05, 4.69) is 10.6 Å². The SMILES string of the molecule is CC(CCc1ccco1)NC(=O)c1cccc2c1OCC(=O)N2. The molecule has 23 heavy (non-hydrogen) atoms. The van der Waals surface area contributed by atoms with E-state index in [0.29, 0.717) is 17.0 Å². The average molecular weight is 314 g/mol. The van der Waals surface area contributed by atoms with Crippen LogP contribution in [0, 0.1) is 0 Å². The van der Waals surface area contributed by atoms with Gasteiger partial charge in [0.2, 0.25) is 0 Å². The van der Waals surface area contributed by atoms with Crippen molar-refractivity contribution in [2.45, 2.75) is 25.8 Å². The third-order valence-electron chi connectivity index (χ3n) is 3.66. The van der Waals surface area contributed by atoms with Gasteiger partial charge in [0.25, 0.3) is 11.8 Å². The number of rotatable bonds is 5. The van der Waals surface area contributed by atoms with Gasteiger partial charge in [-0.3, -0.25) is 9.59 Å². The molecule has 2 N–H and O–H groups in total. The summed E-state index contributed by atoms with van der Waals surface area (Å²) in [4.78, 5) is 23.8. The van der Waals surface area contributed by atoms with Crippen molar-refractivity contribution < 1.29 is 18.7 Å². The molecule has 0 fully saturated rings. The topological polar surface area (TPSA) is 80.6 Å². The second kappa shape index (κ2) is 6.56. The van der Waals surface area contributed by atoms with E-state index in [1.165, 1.54) is 0 Å². The highest BCUT2D eigenvalue weighted by atomic mass is 16.5. The van der Waals surface area contributed by atoms with Crippen molar-refractivity contribution in [2.75, 3.05) is 11.9 Å². The van der Waals surface area contributed by atoms with E-state index < -0.39 is 0 Å². The van der Waals surface area contributed by atoms with E-state index in [1.807, 2.05) is 19.1 Å².